The van der Waals surface area contributed by atoms with Gasteiger partial charge < -0.3 is 5.11 Å². The van der Waals surface area contributed by atoms with Gasteiger partial charge >= 0.3 is 5.97 Å². The monoisotopic (exact) mass is 432 g/mol. The van der Waals surface area contributed by atoms with Gasteiger partial charge in [-0.05, 0) is 49.1 Å². The topological polar surface area (TPSA) is 43.8 Å². The van der Waals surface area contributed by atoms with Crippen LogP contribution in [0.25, 0.3) is 0 Å². The van der Waals surface area contributed by atoms with Gasteiger partial charge in [-0.25, -0.2) is 4.31 Å². The van der Waals surface area contributed by atoms with E-state index < -0.39 is 5.97 Å². The molecule has 1 heterocycles. The predicted molar refractivity (Wildman–Crippen MR) is 121 cm³/mol. The highest BCUT2D eigenvalue weighted by Gasteiger charge is 2.24. The molecule has 1 saturated heterocycles. The molecule has 1 fully saturated rings. The summed E-state index contributed by atoms with van der Waals surface area (Å²) >= 11 is 8.13. The van der Waals surface area contributed by atoms with Crippen molar-refractivity contribution in [2.24, 2.45) is 0 Å². The Labute approximate surface area is 183 Å². The van der Waals surface area contributed by atoms with Crippen molar-refractivity contribution in [2.45, 2.75) is 45.0 Å². The molecule has 1 aliphatic rings. The number of benzene rings is 2. The fraction of sp³-hybridized carbons (Fsp3) is 0.435. The van der Waals surface area contributed by atoms with Crippen LogP contribution in [-0.2, 0) is 23.5 Å². The third-order valence-corrected chi connectivity index (χ3v) is 6.87. The molecule has 1 unspecified atom stereocenters. The molecular formula is C23H29ClN2O2S. The van der Waals surface area contributed by atoms with Crippen molar-refractivity contribution in [3.8, 4) is 0 Å². The first-order chi connectivity index (χ1) is 13.9. The Hall–Kier alpha value is -1.53. The molecule has 0 aliphatic carbocycles. The van der Waals surface area contributed by atoms with Gasteiger partial charge in [0.2, 0.25) is 0 Å². The van der Waals surface area contributed by atoms with Gasteiger partial charge in [0.05, 0.1) is 0 Å². The first-order valence-corrected chi connectivity index (χ1v) is 11.4. The van der Waals surface area contributed by atoms with Crippen molar-refractivity contribution in [3.63, 3.8) is 0 Å². The van der Waals surface area contributed by atoms with E-state index in [9.17, 15) is 4.79 Å². The Morgan fingerprint density at radius 3 is 2.76 bits per heavy atom. The lowest BCUT2D eigenvalue weighted by molar-refractivity contribution is -0.136. The molecule has 0 aromatic heterocycles. The van der Waals surface area contributed by atoms with E-state index in [0.717, 1.165) is 43.1 Å². The van der Waals surface area contributed by atoms with Crippen LogP contribution in [-0.4, -0.2) is 46.0 Å². The van der Waals surface area contributed by atoms with Gasteiger partial charge in [0.1, 0.15) is 0 Å². The highest BCUT2D eigenvalue weighted by atomic mass is 35.5. The van der Waals surface area contributed by atoms with E-state index in [4.69, 9.17) is 16.7 Å². The van der Waals surface area contributed by atoms with Crippen LogP contribution in [0.1, 0.15) is 35.6 Å². The molecule has 0 amide bonds. The first kappa shape index (κ1) is 22.2. The molecule has 29 heavy (non-hydrogen) atoms. The normalized spacial score (nSPS) is 18.1. The lowest BCUT2D eigenvalue weighted by Crippen LogP contribution is -2.48. The second-order valence-corrected chi connectivity index (χ2v) is 9.25. The molecule has 0 bridgehead atoms. The molecule has 0 spiro atoms. The molecule has 2 aromatic rings. The Morgan fingerprint density at radius 2 is 2.03 bits per heavy atom. The van der Waals surface area contributed by atoms with Gasteiger partial charge in [0.15, 0.2) is 0 Å². The SMILES string of the molecule is Cc1cccc(CSN2CCN(Cc3cc(Cl)ccc3CCC(=O)O)CC2C)c1. The van der Waals surface area contributed by atoms with E-state index in [2.05, 4.69) is 47.3 Å². The Kier molecular flexibility index (Phi) is 8.01. The van der Waals surface area contributed by atoms with E-state index in [1.54, 1.807) is 0 Å². The van der Waals surface area contributed by atoms with Crippen LogP contribution < -0.4 is 0 Å². The number of aryl methyl sites for hydroxylation is 2. The quantitative estimate of drug-likeness (QED) is 0.593. The molecular weight excluding hydrogens is 404 g/mol. The number of halogens is 1. The number of hydrogen-bond donors (Lipinski definition) is 1. The molecule has 156 valence electrons. The van der Waals surface area contributed by atoms with Crippen molar-refractivity contribution < 1.29 is 9.90 Å². The summed E-state index contributed by atoms with van der Waals surface area (Å²) in [5, 5.41) is 9.72. The van der Waals surface area contributed by atoms with Crippen molar-refractivity contribution in [2.75, 3.05) is 19.6 Å². The number of carbonyl (C=O) groups is 1. The molecule has 4 nitrogen and oxygen atoms in total. The lowest BCUT2D eigenvalue weighted by atomic mass is 10.0. The summed E-state index contributed by atoms with van der Waals surface area (Å²) in [6, 6.07) is 15.0. The summed E-state index contributed by atoms with van der Waals surface area (Å²) in [4.78, 5) is 13.4. The fourth-order valence-electron chi connectivity index (χ4n) is 3.78. The minimum atomic E-state index is -0.765. The van der Waals surface area contributed by atoms with Crippen LogP contribution in [0.3, 0.4) is 0 Å². The molecule has 3 rings (SSSR count). The minimum Gasteiger partial charge on any atom is -0.481 e. The van der Waals surface area contributed by atoms with Crippen molar-refractivity contribution >= 4 is 29.5 Å². The highest BCUT2D eigenvalue weighted by molar-refractivity contribution is 7.96. The lowest BCUT2D eigenvalue weighted by Gasteiger charge is -2.39. The standard InChI is InChI=1S/C23H29ClN2O2S/c1-17-4-3-5-19(12-17)16-29-26-11-10-25(14-18(26)2)15-21-13-22(24)8-6-20(21)7-9-23(27)28/h3-6,8,12-13,18H,7,9-11,14-16H2,1-2H3,(H,27,28). The molecule has 1 atom stereocenters. The number of nitrogens with zero attached hydrogens (tertiary/aromatic N) is 2. The second-order valence-electron chi connectivity index (χ2n) is 7.79. The third-order valence-electron chi connectivity index (χ3n) is 5.30. The van der Waals surface area contributed by atoms with Crippen LogP contribution in [0.5, 0.6) is 0 Å². The van der Waals surface area contributed by atoms with Crippen LogP contribution in [0.15, 0.2) is 42.5 Å². The average Bonchev–Trinajstić information content (AvgIpc) is 2.67. The Morgan fingerprint density at radius 1 is 1.21 bits per heavy atom. The fourth-order valence-corrected chi connectivity index (χ4v) is 5.00. The van der Waals surface area contributed by atoms with Crippen molar-refractivity contribution in [1.29, 1.82) is 0 Å². The van der Waals surface area contributed by atoms with E-state index in [-0.39, 0.29) is 6.42 Å². The summed E-state index contributed by atoms with van der Waals surface area (Å²) < 4.78 is 2.49. The predicted octanol–water partition coefficient (Wildman–Crippen LogP) is 5.02. The van der Waals surface area contributed by atoms with Crippen LogP contribution in [0, 0.1) is 6.92 Å². The van der Waals surface area contributed by atoms with Crippen molar-refractivity contribution in [1.82, 2.24) is 9.21 Å². The zero-order valence-electron chi connectivity index (χ0n) is 17.1. The Balaban J connectivity index is 1.55. The maximum atomic E-state index is 11.0. The van der Waals surface area contributed by atoms with Gasteiger partial charge in [-0.2, -0.15) is 0 Å². The van der Waals surface area contributed by atoms with Gasteiger partial charge in [-0.15, -0.1) is 0 Å². The maximum absolute atomic E-state index is 11.0. The average molecular weight is 433 g/mol. The third kappa shape index (κ3) is 6.75. The molecule has 6 heteroatoms. The van der Waals surface area contributed by atoms with Gasteiger partial charge in [0.25, 0.3) is 0 Å². The highest BCUT2D eigenvalue weighted by Crippen LogP contribution is 2.26. The number of hydrogen-bond acceptors (Lipinski definition) is 4. The van der Waals surface area contributed by atoms with Crippen molar-refractivity contribution in [3.05, 3.63) is 69.7 Å². The number of carboxylic acid groups (broad SMARTS) is 1. The first-order valence-electron chi connectivity index (χ1n) is 10.1. The maximum Gasteiger partial charge on any atom is 0.303 e. The molecule has 1 N–H and O–H groups in total. The smallest absolute Gasteiger partial charge is 0.303 e. The van der Waals surface area contributed by atoms with Gasteiger partial charge in [0, 0.05) is 49.4 Å². The van der Waals surface area contributed by atoms with Gasteiger partial charge in [-0.3, -0.25) is 9.69 Å². The van der Waals surface area contributed by atoms with Crippen LogP contribution in [0.2, 0.25) is 5.02 Å². The van der Waals surface area contributed by atoms with Crippen LogP contribution in [0.4, 0.5) is 0 Å². The van der Waals surface area contributed by atoms with E-state index in [1.807, 2.05) is 30.1 Å². The molecule has 0 radical (unpaired) electrons. The number of rotatable bonds is 8. The number of carboxylic acids is 1. The van der Waals surface area contributed by atoms with E-state index >= 15 is 0 Å². The number of aliphatic carboxylic acids is 1. The largest absolute Gasteiger partial charge is 0.481 e. The second kappa shape index (κ2) is 10.5. The number of piperazine rings is 1. The van der Waals surface area contributed by atoms with Gasteiger partial charge in [-0.1, -0.05) is 59.4 Å². The zero-order chi connectivity index (χ0) is 20.8. The Bertz CT molecular complexity index is 845. The van der Waals surface area contributed by atoms with Crippen LogP contribution >= 0.6 is 23.5 Å². The molecule has 1 aliphatic heterocycles. The van der Waals surface area contributed by atoms with E-state index in [1.165, 1.54) is 11.1 Å². The minimum absolute atomic E-state index is 0.147. The zero-order valence-corrected chi connectivity index (χ0v) is 18.7. The molecule has 2 aromatic carbocycles. The summed E-state index contributed by atoms with van der Waals surface area (Å²) in [6.45, 7) is 8.23. The summed E-state index contributed by atoms with van der Waals surface area (Å²) in [7, 11) is 0. The summed E-state index contributed by atoms with van der Waals surface area (Å²) in [6.07, 6.45) is 0.693. The van der Waals surface area contributed by atoms with E-state index in [0.29, 0.717) is 17.5 Å². The summed E-state index contributed by atoms with van der Waals surface area (Å²) in [5.41, 5.74) is 4.90. The summed E-state index contributed by atoms with van der Waals surface area (Å²) in [5.74, 6) is 0.235. The molecule has 0 saturated carbocycles.